The molecule has 1 aliphatic carbocycles. The second kappa shape index (κ2) is 7.63. The van der Waals surface area contributed by atoms with Crippen LogP contribution in [0.4, 0.5) is 18.9 Å². The van der Waals surface area contributed by atoms with E-state index in [1.807, 2.05) is 0 Å². The number of carbonyl (C=O) groups is 2. The van der Waals surface area contributed by atoms with Gasteiger partial charge in [0.15, 0.2) is 0 Å². The third-order valence-corrected chi connectivity index (χ3v) is 4.70. The maximum Gasteiger partial charge on any atom is 0.416 e. The van der Waals surface area contributed by atoms with Gasteiger partial charge in [0.25, 0.3) is 0 Å². The summed E-state index contributed by atoms with van der Waals surface area (Å²) in [6.45, 7) is -0.170. The first kappa shape index (κ1) is 19.9. The van der Waals surface area contributed by atoms with E-state index in [1.165, 1.54) is 6.07 Å². The molecule has 148 valence electrons. The number of hydrogen-bond acceptors (Lipinski definition) is 3. The Balaban J connectivity index is 1.64. The van der Waals surface area contributed by atoms with Gasteiger partial charge in [0.2, 0.25) is 0 Å². The van der Waals surface area contributed by atoms with Crippen molar-refractivity contribution in [2.45, 2.75) is 24.6 Å². The zero-order valence-corrected chi connectivity index (χ0v) is 14.8. The van der Waals surface area contributed by atoms with Gasteiger partial charge in [0.1, 0.15) is 5.60 Å². The quantitative estimate of drug-likeness (QED) is 0.685. The van der Waals surface area contributed by atoms with Gasteiger partial charge in [-0.1, -0.05) is 36.4 Å². The van der Waals surface area contributed by atoms with E-state index < -0.39 is 29.2 Å². The van der Waals surface area contributed by atoms with Crippen LogP contribution in [0.2, 0.25) is 0 Å². The largest absolute Gasteiger partial charge is 0.416 e. The molecule has 1 unspecified atom stereocenters. The van der Waals surface area contributed by atoms with Crippen molar-refractivity contribution < 1.29 is 27.9 Å². The third-order valence-electron chi connectivity index (χ3n) is 4.70. The molecule has 1 saturated carbocycles. The summed E-state index contributed by atoms with van der Waals surface area (Å²) in [5, 5.41) is 15.5. The molecule has 5 nitrogen and oxygen atoms in total. The van der Waals surface area contributed by atoms with E-state index >= 15 is 0 Å². The molecule has 2 amide bonds. The van der Waals surface area contributed by atoms with Gasteiger partial charge >= 0.3 is 18.0 Å². The highest BCUT2D eigenvalue weighted by Gasteiger charge is 2.45. The zero-order chi connectivity index (χ0) is 20.4. The number of nitrogens with one attached hydrogen (secondary N) is 2. The van der Waals surface area contributed by atoms with Crippen molar-refractivity contribution in [1.82, 2.24) is 5.32 Å². The Bertz CT molecular complexity index is 866. The number of amides is 2. The highest BCUT2D eigenvalue weighted by molar-refractivity contribution is 6.39. The van der Waals surface area contributed by atoms with E-state index in [-0.39, 0.29) is 18.2 Å². The van der Waals surface area contributed by atoms with E-state index in [0.29, 0.717) is 5.56 Å². The van der Waals surface area contributed by atoms with Crippen LogP contribution in [0.5, 0.6) is 0 Å². The molecule has 2 aromatic rings. The molecule has 2 aromatic carbocycles. The van der Waals surface area contributed by atoms with Gasteiger partial charge in [-0.2, -0.15) is 13.2 Å². The summed E-state index contributed by atoms with van der Waals surface area (Å²) in [7, 11) is 0. The average Bonchev–Trinajstić information content (AvgIpc) is 3.52. The molecule has 1 atom stereocenters. The Labute approximate surface area is 159 Å². The number of halogens is 3. The lowest BCUT2D eigenvalue weighted by molar-refractivity contribution is -0.137. The molecule has 0 saturated heterocycles. The van der Waals surface area contributed by atoms with Crippen LogP contribution in [0, 0.1) is 5.92 Å². The normalized spacial score (nSPS) is 16.1. The smallest absolute Gasteiger partial charge is 0.383 e. The van der Waals surface area contributed by atoms with E-state index in [9.17, 15) is 27.9 Å². The summed E-state index contributed by atoms with van der Waals surface area (Å²) in [5.41, 5.74) is -1.74. The summed E-state index contributed by atoms with van der Waals surface area (Å²) >= 11 is 0. The Morgan fingerprint density at radius 3 is 2.21 bits per heavy atom. The first-order valence-electron chi connectivity index (χ1n) is 8.74. The number of anilines is 1. The lowest BCUT2D eigenvalue weighted by Gasteiger charge is -2.29. The van der Waals surface area contributed by atoms with Crippen LogP contribution < -0.4 is 10.6 Å². The fourth-order valence-corrected chi connectivity index (χ4v) is 3.03. The summed E-state index contributed by atoms with van der Waals surface area (Å²) in [6.07, 6.45) is -2.95. The predicted octanol–water partition coefficient (Wildman–Crippen LogP) is 3.06. The first-order chi connectivity index (χ1) is 13.2. The Morgan fingerprint density at radius 1 is 0.964 bits per heavy atom. The van der Waals surface area contributed by atoms with Gasteiger partial charge in [0, 0.05) is 5.69 Å². The molecule has 1 aliphatic rings. The van der Waals surface area contributed by atoms with E-state index in [4.69, 9.17) is 0 Å². The molecule has 3 N–H and O–H groups in total. The number of rotatable bonds is 5. The van der Waals surface area contributed by atoms with Crippen molar-refractivity contribution in [2.24, 2.45) is 5.92 Å². The lowest BCUT2D eigenvalue weighted by atomic mass is 9.88. The summed E-state index contributed by atoms with van der Waals surface area (Å²) in [4.78, 5) is 24.1. The predicted molar refractivity (Wildman–Crippen MR) is 96.1 cm³/mol. The van der Waals surface area contributed by atoms with E-state index in [0.717, 1.165) is 31.0 Å². The summed E-state index contributed by atoms with van der Waals surface area (Å²) < 4.78 is 38.2. The van der Waals surface area contributed by atoms with Gasteiger partial charge in [-0.3, -0.25) is 9.59 Å². The van der Waals surface area contributed by atoms with Crippen LogP contribution in [0.15, 0.2) is 54.6 Å². The maximum absolute atomic E-state index is 12.7. The molecule has 3 rings (SSSR count). The van der Waals surface area contributed by atoms with E-state index in [2.05, 4.69) is 10.6 Å². The molecule has 1 fully saturated rings. The minimum atomic E-state index is -4.56. The SMILES string of the molecule is O=C(NCC(O)(c1ccccc1)C1CC1)C(=O)Nc1cccc(C(F)(F)F)c1. The fourth-order valence-electron chi connectivity index (χ4n) is 3.03. The van der Waals surface area contributed by atoms with Gasteiger partial charge in [-0.05, 0) is 42.5 Å². The molecule has 0 spiro atoms. The number of aliphatic hydroxyl groups is 1. The van der Waals surface area contributed by atoms with Crippen molar-refractivity contribution >= 4 is 17.5 Å². The fraction of sp³-hybridized carbons (Fsp3) is 0.300. The molecule has 8 heteroatoms. The van der Waals surface area contributed by atoms with Crippen molar-refractivity contribution in [1.29, 1.82) is 0 Å². The van der Waals surface area contributed by atoms with Gasteiger partial charge in [-0.15, -0.1) is 0 Å². The van der Waals surface area contributed by atoms with Crippen LogP contribution in [-0.2, 0) is 21.4 Å². The molecular formula is C20H19F3N2O3. The summed E-state index contributed by atoms with van der Waals surface area (Å²) in [5.74, 6) is -2.17. The van der Waals surface area contributed by atoms with Crippen molar-refractivity contribution in [3.05, 3.63) is 65.7 Å². The Kier molecular flexibility index (Phi) is 5.42. The number of carbonyl (C=O) groups excluding carboxylic acids is 2. The second-order valence-electron chi connectivity index (χ2n) is 6.78. The summed E-state index contributed by atoms with van der Waals surface area (Å²) in [6, 6.07) is 12.8. The van der Waals surface area contributed by atoms with Crippen LogP contribution in [0.25, 0.3) is 0 Å². The highest BCUT2D eigenvalue weighted by atomic mass is 19.4. The number of hydrogen-bond donors (Lipinski definition) is 3. The minimum absolute atomic E-state index is 0.0262. The molecule has 0 aromatic heterocycles. The number of alkyl halides is 3. The van der Waals surface area contributed by atoms with Gasteiger partial charge in [-0.25, -0.2) is 0 Å². The van der Waals surface area contributed by atoms with Crippen molar-refractivity contribution in [3.63, 3.8) is 0 Å². The van der Waals surface area contributed by atoms with Crippen LogP contribution >= 0.6 is 0 Å². The second-order valence-corrected chi connectivity index (χ2v) is 6.78. The molecule has 0 bridgehead atoms. The van der Waals surface area contributed by atoms with Crippen molar-refractivity contribution in [3.8, 4) is 0 Å². The third kappa shape index (κ3) is 4.51. The topological polar surface area (TPSA) is 78.4 Å². The monoisotopic (exact) mass is 392 g/mol. The molecular weight excluding hydrogens is 373 g/mol. The lowest BCUT2D eigenvalue weighted by Crippen LogP contribution is -2.45. The van der Waals surface area contributed by atoms with Gasteiger partial charge in [0.05, 0.1) is 12.1 Å². The molecule has 28 heavy (non-hydrogen) atoms. The standard InChI is InChI=1S/C20H19F3N2O3/c21-20(22,23)15-7-4-8-16(11-15)25-18(27)17(26)24-12-19(28,14-9-10-14)13-5-2-1-3-6-13/h1-8,11,14,28H,9-10,12H2,(H,24,26)(H,25,27). The zero-order valence-electron chi connectivity index (χ0n) is 14.8. The number of benzene rings is 2. The first-order valence-corrected chi connectivity index (χ1v) is 8.74. The minimum Gasteiger partial charge on any atom is -0.383 e. The Hall–Kier alpha value is -2.87. The van der Waals surface area contributed by atoms with E-state index in [1.54, 1.807) is 30.3 Å². The highest BCUT2D eigenvalue weighted by Crippen LogP contribution is 2.45. The van der Waals surface area contributed by atoms with Crippen molar-refractivity contribution in [2.75, 3.05) is 11.9 Å². The average molecular weight is 392 g/mol. The Morgan fingerprint density at radius 2 is 1.61 bits per heavy atom. The molecule has 0 aliphatic heterocycles. The van der Waals surface area contributed by atoms with Crippen LogP contribution in [0.1, 0.15) is 24.0 Å². The molecule has 0 heterocycles. The van der Waals surface area contributed by atoms with Crippen LogP contribution in [-0.4, -0.2) is 23.5 Å². The van der Waals surface area contributed by atoms with Crippen LogP contribution in [0.3, 0.4) is 0 Å². The maximum atomic E-state index is 12.7. The molecule has 0 radical (unpaired) electrons. The van der Waals surface area contributed by atoms with Gasteiger partial charge < -0.3 is 15.7 Å².